The molecule has 14 heteroatoms. The number of carbonyl (C=O) groups excluding carboxylic acids is 4. The maximum absolute atomic E-state index is 14.7. The van der Waals surface area contributed by atoms with Gasteiger partial charge >= 0.3 is 41.6 Å². The van der Waals surface area contributed by atoms with Gasteiger partial charge in [0.15, 0.2) is 0 Å². The molecule has 39 heavy (non-hydrogen) atoms. The summed E-state index contributed by atoms with van der Waals surface area (Å²) in [5, 5.41) is 0. The standard InChI is InChI=1S/C25H30F6O8/c1-13(2)19(32)36-11-17(38-21(34)15(5)6)9-23(26,27)25(30,31)24(28,29)10-18(39-22(35)16(7)8)12-37-20(33)14(3)4/h17-18H,1,3,5,7,9-12H2,2,4,6,8H3. The maximum atomic E-state index is 14.7. The highest BCUT2D eigenvalue weighted by atomic mass is 19.3. The van der Waals surface area contributed by atoms with Gasteiger partial charge in [0.25, 0.3) is 0 Å². The van der Waals surface area contributed by atoms with E-state index in [2.05, 4.69) is 45.3 Å². The van der Waals surface area contributed by atoms with Crippen molar-refractivity contribution >= 4 is 23.9 Å². The lowest BCUT2D eigenvalue weighted by Crippen LogP contribution is -2.57. The zero-order chi connectivity index (χ0) is 30.9. The monoisotopic (exact) mass is 572 g/mol. The Hall–Kier alpha value is -3.58. The Morgan fingerprint density at radius 3 is 1.05 bits per heavy atom. The predicted octanol–water partition coefficient (Wildman–Crippen LogP) is 4.89. The minimum absolute atomic E-state index is 0.216. The first-order valence-electron chi connectivity index (χ1n) is 11.1. The Morgan fingerprint density at radius 2 is 0.821 bits per heavy atom. The zero-order valence-corrected chi connectivity index (χ0v) is 21.8. The fourth-order valence-electron chi connectivity index (χ4n) is 2.45. The summed E-state index contributed by atoms with van der Waals surface area (Å²) < 4.78 is 107. The largest absolute Gasteiger partial charge is 0.458 e. The zero-order valence-electron chi connectivity index (χ0n) is 21.8. The Balaban J connectivity index is 6.05. The lowest BCUT2D eigenvalue weighted by Gasteiger charge is -2.35. The van der Waals surface area contributed by atoms with E-state index in [-0.39, 0.29) is 22.3 Å². The molecule has 0 aromatic heterocycles. The van der Waals surface area contributed by atoms with Crippen LogP contribution in [0.3, 0.4) is 0 Å². The van der Waals surface area contributed by atoms with Gasteiger partial charge in [0, 0.05) is 22.3 Å². The molecule has 0 saturated carbocycles. The lowest BCUT2D eigenvalue weighted by molar-refractivity contribution is -0.321. The smallest absolute Gasteiger partial charge is 0.372 e. The Kier molecular flexibility index (Phi) is 12.7. The van der Waals surface area contributed by atoms with Crippen LogP contribution in [-0.4, -0.2) is 67.1 Å². The van der Waals surface area contributed by atoms with Gasteiger partial charge in [-0.1, -0.05) is 26.3 Å². The van der Waals surface area contributed by atoms with Crippen molar-refractivity contribution in [2.24, 2.45) is 0 Å². The summed E-state index contributed by atoms with van der Waals surface area (Å²) in [7, 11) is 0. The highest BCUT2D eigenvalue weighted by Crippen LogP contribution is 2.50. The molecule has 0 aliphatic heterocycles. The van der Waals surface area contributed by atoms with Crippen LogP contribution in [0.5, 0.6) is 0 Å². The third-order valence-corrected chi connectivity index (χ3v) is 4.63. The second kappa shape index (κ2) is 14.0. The molecule has 0 aliphatic rings. The van der Waals surface area contributed by atoms with Gasteiger partial charge in [-0.15, -0.1) is 0 Å². The van der Waals surface area contributed by atoms with Gasteiger partial charge in [-0.2, -0.15) is 26.3 Å². The number of rotatable bonds is 16. The van der Waals surface area contributed by atoms with E-state index in [1.54, 1.807) is 0 Å². The van der Waals surface area contributed by atoms with Gasteiger partial charge in [0.05, 0.1) is 12.8 Å². The van der Waals surface area contributed by atoms with Crippen LogP contribution in [0.2, 0.25) is 0 Å². The fraction of sp³-hybridized carbons (Fsp3) is 0.520. The van der Waals surface area contributed by atoms with Crippen molar-refractivity contribution in [3.05, 3.63) is 48.6 Å². The summed E-state index contributed by atoms with van der Waals surface area (Å²) in [6, 6.07) is 0. The van der Waals surface area contributed by atoms with E-state index in [4.69, 9.17) is 0 Å². The summed E-state index contributed by atoms with van der Waals surface area (Å²) in [6.45, 7) is 14.9. The average molecular weight is 572 g/mol. The van der Waals surface area contributed by atoms with Crippen LogP contribution in [0.25, 0.3) is 0 Å². The number of hydrogen-bond donors (Lipinski definition) is 0. The predicted molar refractivity (Wildman–Crippen MR) is 125 cm³/mol. The molecule has 2 unspecified atom stereocenters. The van der Waals surface area contributed by atoms with Crippen LogP contribution in [0.4, 0.5) is 26.3 Å². The molecule has 2 atom stereocenters. The number of ether oxygens (including phenoxy) is 4. The van der Waals surface area contributed by atoms with Crippen molar-refractivity contribution in [1.82, 2.24) is 0 Å². The lowest BCUT2D eigenvalue weighted by atomic mass is 9.95. The van der Waals surface area contributed by atoms with Crippen LogP contribution >= 0.6 is 0 Å². The van der Waals surface area contributed by atoms with Crippen molar-refractivity contribution < 1.29 is 64.5 Å². The second-order valence-electron chi connectivity index (χ2n) is 8.76. The van der Waals surface area contributed by atoms with Crippen LogP contribution < -0.4 is 0 Å². The molecule has 0 aliphatic carbocycles. The number of esters is 4. The van der Waals surface area contributed by atoms with E-state index >= 15 is 0 Å². The molecule has 220 valence electrons. The van der Waals surface area contributed by atoms with Gasteiger partial charge in [0.2, 0.25) is 0 Å². The van der Waals surface area contributed by atoms with E-state index in [1.807, 2.05) is 0 Å². The quantitative estimate of drug-likeness (QED) is 0.112. The number of halogens is 6. The van der Waals surface area contributed by atoms with Crippen molar-refractivity contribution in [2.45, 2.75) is 70.5 Å². The summed E-state index contributed by atoms with van der Waals surface area (Å²) in [5.74, 6) is -22.3. The first-order valence-corrected chi connectivity index (χ1v) is 11.1. The van der Waals surface area contributed by atoms with E-state index in [0.717, 1.165) is 13.8 Å². The molecule has 0 aromatic rings. The Labute approximate surface area is 221 Å². The number of carbonyl (C=O) groups is 4. The Bertz CT molecular complexity index is 940. The molecule has 0 fully saturated rings. The number of hydrogen-bond acceptors (Lipinski definition) is 8. The minimum atomic E-state index is -6.14. The van der Waals surface area contributed by atoms with Crippen molar-refractivity contribution in [2.75, 3.05) is 13.2 Å². The van der Waals surface area contributed by atoms with E-state index in [9.17, 15) is 45.5 Å². The van der Waals surface area contributed by atoms with Gasteiger partial charge < -0.3 is 18.9 Å². The van der Waals surface area contributed by atoms with Crippen LogP contribution in [0.15, 0.2) is 48.6 Å². The third-order valence-electron chi connectivity index (χ3n) is 4.63. The summed E-state index contributed by atoms with van der Waals surface area (Å²) in [6.07, 6.45) is -9.02. The number of alkyl halides is 6. The van der Waals surface area contributed by atoms with Crippen LogP contribution in [-0.2, 0) is 38.1 Å². The van der Waals surface area contributed by atoms with Crippen LogP contribution in [0, 0.1) is 0 Å². The van der Waals surface area contributed by atoms with E-state index < -0.39 is 79.9 Å². The van der Waals surface area contributed by atoms with Gasteiger partial charge in [0.1, 0.15) is 25.4 Å². The Morgan fingerprint density at radius 1 is 0.564 bits per heavy atom. The molecule has 0 aromatic carbocycles. The molecular weight excluding hydrogens is 542 g/mol. The molecular formula is C25H30F6O8. The van der Waals surface area contributed by atoms with E-state index in [1.165, 1.54) is 13.8 Å². The first kappa shape index (κ1) is 35.4. The fourth-order valence-corrected chi connectivity index (χ4v) is 2.45. The summed E-state index contributed by atoms with van der Waals surface area (Å²) in [4.78, 5) is 46.7. The molecule has 0 amide bonds. The molecule has 0 radical (unpaired) electrons. The maximum Gasteiger partial charge on any atom is 0.372 e. The minimum Gasteiger partial charge on any atom is -0.458 e. The van der Waals surface area contributed by atoms with Gasteiger partial charge in [-0.25, -0.2) is 19.2 Å². The molecule has 0 spiro atoms. The first-order chi connectivity index (χ1) is 17.6. The molecule has 0 N–H and O–H groups in total. The molecule has 0 bridgehead atoms. The van der Waals surface area contributed by atoms with Gasteiger partial charge in [-0.05, 0) is 27.7 Å². The van der Waals surface area contributed by atoms with Crippen molar-refractivity contribution in [3.8, 4) is 0 Å². The molecule has 0 rings (SSSR count). The topological polar surface area (TPSA) is 105 Å². The van der Waals surface area contributed by atoms with Crippen molar-refractivity contribution in [3.63, 3.8) is 0 Å². The average Bonchev–Trinajstić information content (AvgIpc) is 2.79. The second-order valence-corrected chi connectivity index (χ2v) is 8.76. The van der Waals surface area contributed by atoms with Crippen LogP contribution in [0.1, 0.15) is 40.5 Å². The molecule has 8 nitrogen and oxygen atoms in total. The molecule has 0 saturated heterocycles. The molecule has 0 heterocycles. The van der Waals surface area contributed by atoms with E-state index in [0.29, 0.717) is 0 Å². The normalized spacial score (nSPS) is 13.4. The van der Waals surface area contributed by atoms with Crippen molar-refractivity contribution in [1.29, 1.82) is 0 Å². The third kappa shape index (κ3) is 10.6. The summed E-state index contributed by atoms with van der Waals surface area (Å²) >= 11 is 0. The highest BCUT2D eigenvalue weighted by molar-refractivity contribution is 5.88. The highest BCUT2D eigenvalue weighted by Gasteiger charge is 2.72. The summed E-state index contributed by atoms with van der Waals surface area (Å²) in [5.41, 5.74) is -1.13. The van der Waals surface area contributed by atoms with Gasteiger partial charge in [-0.3, -0.25) is 0 Å². The SMILES string of the molecule is C=C(C)C(=O)OCC(CC(F)(F)C(F)(F)C(F)(F)CC(COC(=O)C(=C)C)OC(=O)C(=C)C)OC(=O)C(=C)C.